The van der Waals surface area contributed by atoms with E-state index in [1.54, 1.807) is 12.1 Å². The number of nitrogens with zero attached hydrogens (tertiary/aromatic N) is 2. The molecule has 0 saturated carbocycles. The lowest BCUT2D eigenvalue weighted by atomic mass is 9.99. The van der Waals surface area contributed by atoms with E-state index in [4.69, 9.17) is 4.74 Å². The molecule has 0 radical (unpaired) electrons. The minimum absolute atomic E-state index is 0.0702. The molecule has 4 amide bonds. The van der Waals surface area contributed by atoms with E-state index in [9.17, 15) is 19.2 Å². The molecule has 1 fully saturated rings. The Balaban J connectivity index is 1.78. The van der Waals surface area contributed by atoms with Crippen LogP contribution in [0, 0.1) is 0 Å². The van der Waals surface area contributed by atoms with E-state index in [0.717, 1.165) is 11.3 Å². The van der Waals surface area contributed by atoms with Gasteiger partial charge in [0.15, 0.2) is 6.61 Å². The van der Waals surface area contributed by atoms with Crippen LogP contribution in [-0.4, -0.2) is 60.4 Å². The lowest BCUT2D eigenvalue weighted by Crippen LogP contribution is -2.37. The van der Waals surface area contributed by atoms with Crippen molar-refractivity contribution in [2.75, 3.05) is 32.1 Å². The molecule has 26 heavy (non-hydrogen) atoms. The number of likely N-dealkylation sites (N-methyl/N-ethyl adjacent to an activating group) is 1. The number of amides is 4. The first kappa shape index (κ1) is 19.4. The Labute approximate surface area is 152 Å². The van der Waals surface area contributed by atoms with Gasteiger partial charge in [0, 0.05) is 12.7 Å². The zero-order valence-electron chi connectivity index (χ0n) is 15.2. The molecule has 1 aliphatic rings. The van der Waals surface area contributed by atoms with E-state index in [1.165, 1.54) is 17.5 Å². The zero-order chi connectivity index (χ0) is 19.3. The average Bonchev–Trinajstić information content (AvgIpc) is 2.86. The van der Waals surface area contributed by atoms with Crippen LogP contribution in [0.15, 0.2) is 24.3 Å². The van der Waals surface area contributed by atoms with Crippen molar-refractivity contribution in [2.45, 2.75) is 26.2 Å². The number of ether oxygens (including phenoxy) is 1. The molecule has 140 valence electrons. The van der Waals surface area contributed by atoms with Gasteiger partial charge >= 0.3 is 12.0 Å². The fourth-order valence-corrected chi connectivity index (χ4v) is 2.47. The maximum atomic E-state index is 11.9. The minimum Gasteiger partial charge on any atom is -0.454 e. The Morgan fingerprint density at radius 2 is 1.88 bits per heavy atom. The number of imide groups is 1. The second-order valence-electron chi connectivity index (χ2n) is 6.26. The van der Waals surface area contributed by atoms with Gasteiger partial charge in [-0.2, -0.15) is 0 Å². The molecule has 1 saturated heterocycles. The van der Waals surface area contributed by atoms with E-state index >= 15 is 0 Å². The number of benzene rings is 1. The lowest BCUT2D eigenvalue weighted by molar-refractivity contribution is -0.149. The van der Waals surface area contributed by atoms with Gasteiger partial charge in [0.1, 0.15) is 13.1 Å². The normalized spacial score (nSPS) is 15.2. The van der Waals surface area contributed by atoms with Crippen LogP contribution in [0.25, 0.3) is 0 Å². The highest BCUT2D eigenvalue weighted by atomic mass is 16.5. The highest BCUT2D eigenvalue weighted by Crippen LogP contribution is 2.20. The van der Waals surface area contributed by atoms with E-state index in [0.29, 0.717) is 11.6 Å². The van der Waals surface area contributed by atoms with Crippen molar-refractivity contribution in [2.24, 2.45) is 0 Å². The number of hydrogen-bond acceptors (Lipinski definition) is 5. The third-order valence-electron chi connectivity index (χ3n) is 4.26. The quantitative estimate of drug-likeness (QED) is 0.587. The summed E-state index contributed by atoms with van der Waals surface area (Å²) in [5.41, 5.74) is 1.78. The topological polar surface area (TPSA) is 96.0 Å². The summed E-state index contributed by atoms with van der Waals surface area (Å²) < 4.78 is 4.83. The Bertz CT molecular complexity index is 701. The highest BCUT2D eigenvalue weighted by Gasteiger charge is 2.35. The summed E-state index contributed by atoms with van der Waals surface area (Å²) in [4.78, 5) is 48.9. The first-order valence-corrected chi connectivity index (χ1v) is 8.42. The molecule has 0 aliphatic carbocycles. The molecule has 0 spiro atoms. The van der Waals surface area contributed by atoms with Crippen LogP contribution in [0.5, 0.6) is 0 Å². The predicted octanol–water partition coefficient (Wildman–Crippen LogP) is 1.58. The number of anilines is 1. The van der Waals surface area contributed by atoms with Crippen LogP contribution in [0.2, 0.25) is 0 Å². The van der Waals surface area contributed by atoms with Gasteiger partial charge in [-0.3, -0.25) is 19.3 Å². The van der Waals surface area contributed by atoms with Crippen molar-refractivity contribution in [3.63, 3.8) is 0 Å². The molecule has 0 bridgehead atoms. The van der Waals surface area contributed by atoms with Gasteiger partial charge in [-0.05, 0) is 30.0 Å². The molecule has 1 heterocycles. The van der Waals surface area contributed by atoms with Crippen LogP contribution < -0.4 is 5.32 Å². The molecule has 0 aromatic heterocycles. The van der Waals surface area contributed by atoms with Crippen molar-refractivity contribution in [1.29, 1.82) is 0 Å². The molecule has 2 rings (SSSR count). The van der Waals surface area contributed by atoms with Crippen LogP contribution >= 0.6 is 0 Å². The Morgan fingerprint density at radius 3 is 2.42 bits per heavy atom. The summed E-state index contributed by atoms with van der Waals surface area (Å²) in [5, 5.41) is 2.63. The van der Waals surface area contributed by atoms with E-state index in [2.05, 4.69) is 19.2 Å². The van der Waals surface area contributed by atoms with Crippen molar-refractivity contribution in [3.05, 3.63) is 29.8 Å². The summed E-state index contributed by atoms with van der Waals surface area (Å²) in [7, 11) is 1.46. The molecular formula is C18H23N3O5. The number of urea groups is 1. The average molecular weight is 361 g/mol. The predicted molar refractivity (Wildman–Crippen MR) is 94.5 cm³/mol. The van der Waals surface area contributed by atoms with Gasteiger partial charge < -0.3 is 15.0 Å². The molecule has 0 unspecified atom stereocenters. The van der Waals surface area contributed by atoms with Crippen molar-refractivity contribution in [3.8, 4) is 0 Å². The number of carbonyl (C=O) groups is 4. The van der Waals surface area contributed by atoms with E-state index in [-0.39, 0.29) is 6.54 Å². The Hall–Kier alpha value is -2.90. The first-order chi connectivity index (χ1) is 12.3. The third-order valence-corrected chi connectivity index (χ3v) is 4.26. The monoisotopic (exact) mass is 361 g/mol. The number of nitrogens with one attached hydrogen (secondary N) is 1. The standard InChI is InChI=1S/C18H23N3O5/c1-4-12(2)13-5-7-14(8-6-13)19-15(22)11-26-17(24)10-21-16(23)9-20(3)18(21)25/h5-8,12H,4,9-11H2,1-3H3,(H,19,22)/t12-/m0/s1. The van der Waals surface area contributed by atoms with Gasteiger partial charge in [0.05, 0.1) is 0 Å². The largest absolute Gasteiger partial charge is 0.454 e. The summed E-state index contributed by atoms with van der Waals surface area (Å²) in [6, 6.07) is 6.91. The van der Waals surface area contributed by atoms with Gasteiger partial charge in [-0.1, -0.05) is 26.0 Å². The molecule has 1 aromatic rings. The molecule has 8 heteroatoms. The molecule has 8 nitrogen and oxygen atoms in total. The third kappa shape index (κ3) is 4.81. The Kier molecular flexibility index (Phi) is 6.32. The summed E-state index contributed by atoms with van der Waals surface area (Å²) >= 11 is 0. The zero-order valence-corrected chi connectivity index (χ0v) is 15.2. The van der Waals surface area contributed by atoms with Crippen molar-refractivity contribution in [1.82, 2.24) is 9.80 Å². The molecule has 1 N–H and O–H groups in total. The van der Waals surface area contributed by atoms with Crippen molar-refractivity contribution >= 4 is 29.5 Å². The summed E-state index contributed by atoms with van der Waals surface area (Å²) in [5.74, 6) is -1.34. The molecule has 1 aliphatic heterocycles. The second-order valence-corrected chi connectivity index (χ2v) is 6.26. The van der Waals surface area contributed by atoms with Gasteiger partial charge in [0.2, 0.25) is 0 Å². The number of rotatable bonds is 7. The van der Waals surface area contributed by atoms with Crippen molar-refractivity contribution < 1.29 is 23.9 Å². The highest BCUT2D eigenvalue weighted by molar-refractivity contribution is 6.04. The first-order valence-electron chi connectivity index (χ1n) is 8.42. The summed E-state index contributed by atoms with van der Waals surface area (Å²) in [6.45, 7) is 3.17. The smallest absolute Gasteiger partial charge is 0.327 e. The van der Waals surface area contributed by atoms with E-state index in [1.807, 2.05) is 12.1 Å². The SMILES string of the molecule is CC[C@H](C)c1ccc(NC(=O)COC(=O)CN2C(=O)CN(C)C2=O)cc1. The maximum absolute atomic E-state index is 11.9. The number of hydrogen-bond donors (Lipinski definition) is 1. The maximum Gasteiger partial charge on any atom is 0.327 e. The fraction of sp³-hybridized carbons (Fsp3) is 0.444. The summed E-state index contributed by atoms with van der Waals surface area (Å²) in [6.07, 6.45) is 1.03. The Morgan fingerprint density at radius 1 is 1.23 bits per heavy atom. The number of carbonyl (C=O) groups excluding carboxylic acids is 4. The van der Waals surface area contributed by atoms with Crippen LogP contribution in [-0.2, 0) is 19.1 Å². The second kappa shape index (κ2) is 8.46. The van der Waals surface area contributed by atoms with Gasteiger partial charge in [0.25, 0.3) is 11.8 Å². The minimum atomic E-state index is -0.815. The molecule has 1 aromatic carbocycles. The molecule has 1 atom stereocenters. The van der Waals surface area contributed by atoms with Crippen LogP contribution in [0.3, 0.4) is 0 Å². The van der Waals surface area contributed by atoms with Gasteiger partial charge in [-0.15, -0.1) is 0 Å². The van der Waals surface area contributed by atoms with E-state index < -0.39 is 37.0 Å². The lowest BCUT2D eigenvalue weighted by Gasteiger charge is -2.13. The fourth-order valence-electron chi connectivity index (χ4n) is 2.47. The van der Waals surface area contributed by atoms with Crippen LogP contribution in [0.4, 0.5) is 10.5 Å². The molecular weight excluding hydrogens is 338 g/mol. The van der Waals surface area contributed by atoms with Gasteiger partial charge in [-0.25, -0.2) is 4.79 Å². The van der Waals surface area contributed by atoms with Crippen LogP contribution in [0.1, 0.15) is 31.7 Å². The number of esters is 1.